The third-order valence-electron chi connectivity index (χ3n) is 4.42. The largest absolute Gasteiger partial charge is 0.443 e. The maximum absolute atomic E-state index is 11.7. The quantitative estimate of drug-likeness (QED) is 0.773. The van der Waals surface area contributed by atoms with Crippen LogP contribution in [-0.2, 0) is 4.74 Å². The molecule has 2 bridgehead atoms. The van der Waals surface area contributed by atoms with Gasteiger partial charge in [0.15, 0.2) is 0 Å². The summed E-state index contributed by atoms with van der Waals surface area (Å²) in [6.07, 6.45) is 5.22. The molecule has 0 aromatic heterocycles. The third kappa shape index (κ3) is 2.46. The highest BCUT2D eigenvalue weighted by Crippen LogP contribution is 2.54. The molecule has 0 aromatic rings. The summed E-state index contributed by atoms with van der Waals surface area (Å²) in [5.74, 6) is 0. The molecular weight excluding hydrogens is 248 g/mol. The minimum absolute atomic E-state index is 0.0367. The number of carbonyl (C=O) groups excluding carboxylic acids is 1. The molecule has 0 saturated heterocycles. The first kappa shape index (κ1) is 13.6. The minimum atomic E-state index is -0.297. The van der Waals surface area contributed by atoms with Crippen molar-refractivity contribution in [2.45, 2.75) is 64.0 Å². The summed E-state index contributed by atoms with van der Waals surface area (Å²) in [4.78, 5) is 12.4. The van der Waals surface area contributed by atoms with Gasteiger partial charge >= 0.3 is 6.09 Å². The van der Waals surface area contributed by atoms with Gasteiger partial charge in [0.25, 0.3) is 0 Å². The summed E-state index contributed by atoms with van der Waals surface area (Å²) in [6.45, 7) is 3.86. The van der Waals surface area contributed by atoms with Gasteiger partial charge in [0.05, 0.1) is 4.99 Å². The van der Waals surface area contributed by atoms with Gasteiger partial charge in [-0.3, -0.25) is 0 Å². The molecule has 0 unspecified atom stereocenters. The number of nitrogens with two attached hydrogens (primary N) is 1. The predicted molar refractivity (Wildman–Crippen MR) is 74.4 cm³/mol. The Morgan fingerprint density at radius 2 is 1.72 bits per heavy atom. The average molecular weight is 270 g/mol. The van der Waals surface area contributed by atoms with Crippen LogP contribution in [-0.4, -0.2) is 22.7 Å². The Bertz CT molecular complexity index is 343. The molecule has 3 aliphatic rings. The number of nitrogens with one attached hydrogen (secondary N) is 1. The van der Waals surface area contributed by atoms with Gasteiger partial charge in [-0.05, 0) is 52.4 Å². The first-order valence-electron chi connectivity index (χ1n) is 6.67. The molecule has 0 spiro atoms. The minimum Gasteiger partial charge on any atom is -0.443 e. The Balaban J connectivity index is 1.97. The first-order valence-corrected chi connectivity index (χ1v) is 7.08. The number of ether oxygens (including phenoxy) is 1. The van der Waals surface area contributed by atoms with E-state index in [-0.39, 0.29) is 23.2 Å². The second-order valence-electron chi connectivity index (χ2n) is 6.02. The van der Waals surface area contributed by atoms with Crippen LogP contribution in [0.2, 0.25) is 0 Å². The smallest absolute Gasteiger partial charge is 0.407 e. The standard InChI is InChI=1S/C13H22N2O2S/c1-9(2)15-11(16)17-13-6-3-12(4-7-13,5-8-13)10(14)18/h9H,3-8H2,1-2H3,(H2,14,18)(H,15,16). The van der Waals surface area contributed by atoms with Crippen molar-refractivity contribution >= 4 is 23.3 Å². The normalized spacial score (nSPS) is 34.4. The number of alkyl carbamates (subject to hydrolysis) is 1. The zero-order chi connectivity index (χ0) is 13.4. The van der Waals surface area contributed by atoms with E-state index in [1.807, 2.05) is 13.8 Å². The molecule has 0 aromatic carbocycles. The van der Waals surface area contributed by atoms with E-state index >= 15 is 0 Å². The lowest BCUT2D eigenvalue weighted by atomic mass is 9.58. The van der Waals surface area contributed by atoms with E-state index in [4.69, 9.17) is 22.7 Å². The van der Waals surface area contributed by atoms with Crippen molar-refractivity contribution < 1.29 is 9.53 Å². The molecule has 102 valence electrons. The van der Waals surface area contributed by atoms with Crippen molar-refractivity contribution in [3.05, 3.63) is 0 Å². The molecule has 3 fully saturated rings. The molecule has 5 heteroatoms. The zero-order valence-corrected chi connectivity index (χ0v) is 11.9. The van der Waals surface area contributed by atoms with Crippen LogP contribution in [0, 0.1) is 5.41 Å². The Morgan fingerprint density at radius 1 is 1.22 bits per heavy atom. The summed E-state index contributed by atoms with van der Waals surface area (Å²) >= 11 is 5.19. The first-order chi connectivity index (χ1) is 8.38. The predicted octanol–water partition coefficient (Wildman–Crippen LogP) is 2.50. The van der Waals surface area contributed by atoms with Gasteiger partial charge in [-0.2, -0.15) is 0 Å². The number of amides is 1. The van der Waals surface area contributed by atoms with Gasteiger partial charge in [-0.1, -0.05) is 12.2 Å². The van der Waals surface area contributed by atoms with E-state index in [0.717, 1.165) is 38.5 Å². The number of rotatable bonds is 3. The molecule has 3 rings (SSSR count). The molecule has 3 aliphatic carbocycles. The Labute approximate surface area is 114 Å². The molecule has 1 amide bonds. The molecule has 0 radical (unpaired) electrons. The van der Waals surface area contributed by atoms with Crippen molar-refractivity contribution in [3.8, 4) is 0 Å². The summed E-state index contributed by atoms with van der Waals surface area (Å²) in [5, 5.41) is 2.79. The van der Waals surface area contributed by atoms with E-state index < -0.39 is 0 Å². The van der Waals surface area contributed by atoms with Gasteiger partial charge in [-0.15, -0.1) is 0 Å². The molecule has 3 saturated carbocycles. The summed E-state index contributed by atoms with van der Waals surface area (Å²) < 4.78 is 5.67. The number of thiocarbonyl (C=S) groups is 1. The van der Waals surface area contributed by atoms with E-state index in [9.17, 15) is 4.79 Å². The highest BCUT2D eigenvalue weighted by molar-refractivity contribution is 7.80. The number of hydrogen-bond acceptors (Lipinski definition) is 3. The lowest BCUT2D eigenvalue weighted by Gasteiger charge is -2.52. The van der Waals surface area contributed by atoms with E-state index in [2.05, 4.69) is 5.32 Å². The lowest BCUT2D eigenvalue weighted by Crippen LogP contribution is -2.53. The van der Waals surface area contributed by atoms with E-state index in [0.29, 0.717) is 4.99 Å². The molecule has 18 heavy (non-hydrogen) atoms. The SMILES string of the molecule is CC(C)NC(=O)OC12CCC(C(N)=S)(CC1)CC2. The Hall–Kier alpha value is -0.840. The van der Waals surface area contributed by atoms with Crippen molar-refractivity contribution in [3.63, 3.8) is 0 Å². The maximum atomic E-state index is 11.7. The van der Waals surface area contributed by atoms with Crippen LogP contribution >= 0.6 is 12.2 Å². The van der Waals surface area contributed by atoms with E-state index in [1.165, 1.54) is 0 Å². The number of carbonyl (C=O) groups is 1. The van der Waals surface area contributed by atoms with Crippen LogP contribution in [0.25, 0.3) is 0 Å². The highest BCUT2D eigenvalue weighted by atomic mass is 32.1. The fourth-order valence-corrected chi connectivity index (χ4v) is 3.44. The van der Waals surface area contributed by atoms with Crippen LogP contribution in [0.5, 0.6) is 0 Å². The summed E-state index contributed by atoms with van der Waals surface area (Å²) in [5.41, 5.74) is 5.62. The molecular formula is C13H22N2O2S. The van der Waals surface area contributed by atoms with Gasteiger partial charge in [-0.25, -0.2) is 4.79 Å². The van der Waals surface area contributed by atoms with Gasteiger partial charge in [0.2, 0.25) is 0 Å². The van der Waals surface area contributed by atoms with Crippen LogP contribution in [0.1, 0.15) is 52.4 Å². The van der Waals surface area contributed by atoms with Crippen molar-refractivity contribution in [2.24, 2.45) is 11.1 Å². The zero-order valence-electron chi connectivity index (χ0n) is 11.1. The van der Waals surface area contributed by atoms with Crippen LogP contribution in [0.15, 0.2) is 0 Å². The van der Waals surface area contributed by atoms with Crippen molar-refractivity contribution in [2.75, 3.05) is 0 Å². The summed E-state index contributed by atoms with van der Waals surface area (Å²) in [6, 6.07) is 0.108. The highest BCUT2D eigenvalue weighted by Gasteiger charge is 2.52. The maximum Gasteiger partial charge on any atom is 0.407 e. The lowest BCUT2D eigenvalue weighted by molar-refractivity contribution is -0.0781. The second kappa shape index (κ2) is 4.68. The van der Waals surface area contributed by atoms with Gasteiger partial charge in [0.1, 0.15) is 5.60 Å². The number of hydrogen-bond donors (Lipinski definition) is 2. The third-order valence-corrected chi connectivity index (χ3v) is 4.85. The van der Waals surface area contributed by atoms with Gasteiger partial charge in [0, 0.05) is 11.5 Å². The topological polar surface area (TPSA) is 64.3 Å². The van der Waals surface area contributed by atoms with Crippen LogP contribution < -0.4 is 11.1 Å². The molecule has 0 heterocycles. The van der Waals surface area contributed by atoms with Crippen LogP contribution in [0.4, 0.5) is 4.79 Å². The molecule has 4 nitrogen and oxygen atoms in total. The fourth-order valence-electron chi connectivity index (χ4n) is 3.14. The van der Waals surface area contributed by atoms with Gasteiger partial charge < -0.3 is 15.8 Å². The average Bonchev–Trinajstić information content (AvgIpc) is 2.29. The Kier molecular flexibility index (Phi) is 3.54. The molecule has 0 aliphatic heterocycles. The van der Waals surface area contributed by atoms with Crippen molar-refractivity contribution in [1.82, 2.24) is 5.32 Å². The Morgan fingerprint density at radius 3 is 2.11 bits per heavy atom. The van der Waals surface area contributed by atoms with Crippen molar-refractivity contribution in [1.29, 1.82) is 0 Å². The second-order valence-corrected chi connectivity index (χ2v) is 6.46. The summed E-state index contributed by atoms with van der Waals surface area (Å²) in [7, 11) is 0. The van der Waals surface area contributed by atoms with E-state index in [1.54, 1.807) is 0 Å². The number of fused-ring (bicyclic) bond motifs is 3. The van der Waals surface area contributed by atoms with Crippen LogP contribution in [0.3, 0.4) is 0 Å². The monoisotopic (exact) mass is 270 g/mol. The molecule has 0 atom stereocenters. The fraction of sp³-hybridized carbons (Fsp3) is 0.846. The molecule has 3 N–H and O–H groups in total.